The van der Waals surface area contributed by atoms with Crippen molar-refractivity contribution in [3.05, 3.63) is 63.1 Å². The number of sulfonamides is 1. The number of nitrogens with one attached hydrogen (secondary N) is 1. The van der Waals surface area contributed by atoms with Gasteiger partial charge in [0.1, 0.15) is 5.69 Å². The van der Waals surface area contributed by atoms with E-state index in [1.807, 2.05) is 29.2 Å². The topological polar surface area (TPSA) is 122 Å². The second-order valence-electron chi connectivity index (χ2n) is 8.91. The van der Waals surface area contributed by atoms with Crippen LogP contribution in [0.5, 0.6) is 0 Å². The van der Waals surface area contributed by atoms with Crippen molar-refractivity contribution in [3.63, 3.8) is 0 Å². The lowest BCUT2D eigenvalue weighted by atomic mass is 10.0. The van der Waals surface area contributed by atoms with Crippen molar-refractivity contribution in [1.82, 2.24) is 13.9 Å². The summed E-state index contributed by atoms with van der Waals surface area (Å²) in [5.74, 6) is 0. The van der Waals surface area contributed by atoms with Gasteiger partial charge in [-0.15, -0.1) is 0 Å². The van der Waals surface area contributed by atoms with Gasteiger partial charge in [-0.05, 0) is 49.9 Å². The van der Waals surface area contributed by atoms with E-state index in [0.717, 1.165) is 30.3 Å². The van der Waals surface area contributed by atoms with Gasteiger partial charge >= 0.3 is 5.69 Å². The zero-order chi connectivity index (χ0) is 23.9. The molecule has 0 spiro atoms. The number of rotatable bonds is 5. The molecule has 2 aromatic carbocycles. The fraction of sp³-hybridized carbons (Fsp3) is 0.435. The van der Waals surface area contributed by atoms with E-state index in [0.29, 0.717) is 44.7 Å². The molecule has 1 aromatic heterocycles. The van der Waals surface area contributed by atoms with Crippen LogP contribution in [0.3, 0.4) is 0 Å². The zero-order valence-corrected chi connectivity index (χ0v) is 19.5. The number of piperidine rings is 2. The molecular weight excluding hydrogens is 458 g/mol. The molecule has 5 rings (SSSR count). The molecule has 10 nitrogen and oxygen atoms in total. The molecule has 1 N–H and O–H groups in total. The summed E-state index contributed by atoms with van der Waals surface area (Å²) in [6.07, 6.45) is 3.88. The Morgan fingerprint density at radius 3 is 2.38 bits per heavy atom. The number of H-pyrrole nitrogens is 1. The average Bonchev–Trinajstić information content (AvgIpc) is 3.20. The average molecular weight is 486 g/mol. The smallest absolute Gasteiger partial charge is 0.326 e. The Hall–Kier alpha value is -3.18. The molecule has 0 aliphatic carbocycles. The van der Waals surface area contributed by atoms with Crippen molar-refractivity contribution in [2.24, 2.45) is 0 Å². The van der Waals surface area contributed by atoms with Gasteiger partial charge in [0.15, 0.2) is 0 Å². The minimum atomic E-state index is -3.76. The normalized spacial score (nSPS) is 18.4. The monoisotopic (exact) mass is 485 g/mol. The van der Waals surface area contributed by atoms with Gasteiger partial charge in [0.05, 0.1) is 20.9 Å². The van der Waals surface area contributed by atoms with Gasteiger partial charge in [-0.1, -0.05) is 18.6 Å². The van der Waals surface area contributed by atoms with Gasteiger partial charge in [-0.25, -0.2) is 13.2 Å². The number of hydrogen-bond acceptors (Lipinski definition) is 6. The molecule has 0 atom stereocenters. The first-order chi connectivity index (χ1) is 16.4. The first-order valence-corrected chi connectivity index (χ1v) is 13.0. The maximum atomic E-state index is 13.0. The number of benzene rings is 2. The number of fused-ring (bicyclic) bond motifs is 1. The van der Waals surface area contributed by atoms with Crippen LogP contribution >= 0.6 is 0 Å². The van der Waals surface area contributed by atoms with Gasteiger partial charge in [0.2, 0.25) is 10.0 Å². The van der Waals surface area contributed by atoms with E-state index in [1.54, 1.807) is 10.6 Å². The van der Waals surface area contributed by atoms with Crippen LogP contribution in [-0.2, 0) is 10.0 Å². The summed E-state index contributed by atoms with van der Waals surface area (Å²) in [4.78, 5) is 28.7. The Bertz CT molecular complexity index is 1380. The summed E-state index contributed by atoms with van der Waals surface area (Å²) in [5.41, 5.74) is 1.69. The van der Waals surface area contributed by atoms with Crippen LogP contribution in [0.15, 0.2) is 52.2 Å². The summed E-state index contributed by atoms with van der Waals surface area (Å²) in [6, 6.07) is 11.7. The Morgan fingerprint density at radius 2 is 1.68 bits per heavy atom. The van der Waals surface area contributed by atoms with Gasteiger partial charge in [0.25, 0.3) is 5.69 Å². The van der Waals surface area contributed by atoms with Crippen molar-refractivity contribution in [2.45, 2.75) is 43.0 Å². The molecule has 0 bridgehead atoms. The van der Waals surface area contributed by atoms with E-state index in [4.69, 9.17) is 0 Å². The quantitative estimate of drug-likeness (QED) is 0.437. The van der Waals surface area contributed by atoms with Crippen LogP contribution in [0.1, 0.15) is 38.1 Å². The van der Waals surface area contributed by atoms with E-state index >= 15 is 0 Å². The third kappa shape index (κ3) is 3.98. The predicted octanol–water partition coefficient (Wildman–Crippen LogP) is 3.25. The van der Waals surface area contributed by atoms with Gasteiger partial charge in [-0.2, -0.15) is 4.31 Å². The fourth-order valence-corrected chi connectivity index (χ4v) is 6.67. The zero-order valence-electron chi connectivity index (χ0n) is 18.7. The number of nitro groups is 1. The number of anilines is 1. The number of nitro benzene ring substituents is 1. The largest absolute Gasteiger partial charge is 0.366 e. The van der Waals surface area contributed by atoms with Crippen molar-refractivity contribution in [1.29, 1.82) is 0 Å². The fourth-order valence-electron chi connectivity index (χ4n) is 5.13. The Morgan fingerprint density at radius 1 is 0.971 bits per heavy atom. The molecule has 2 aliphatic rings. The first kappa shape index (κ1) is 22.6. The van der Waals surface area contributed by atoms with E-state index in [2.05, 4.69) is 4.98 Å². The molecule has 180 valence electrons. The number of hydrogen-bond donors (Lipinski definition) is 1. The maximum Gasteiger partial charge on any atom is 0.326 e. The molecule has 2 saturated heterocycles. The second kappa shape index (κ2) is 8.88. The number of aromatic nitrogens is 2. The molecule has 0 amide bonds. The highest BCUT2D eigenvalue weighted by atomic mass is 32.2. The van der Waals surface area contributed by atoms with E-state index in [9.17, 15) is 23.3 Å². The molecule has 3 aromatic rings. The molecule has 34 heavy (non-hydrogen) atoms. The summed E-state index contributed by atoms with van der Waals surface area (Å²) in [6.45, 7) is 1.93. The minimum absolute atomic E-state index is 0.0160. The standard InChI is InChI=1S/C23H27N5O5S/c29-23-24-19-6-2-3-7-20(19)27(23)17-10-14-25(15-11-17)21-9-8-18(16-22(21)28(30)31)34(32,33)26-12-4-1-5-13-26/h2-3,6-9,16-17H,1,4-5,10-15H2,(H,24,29). The maximum absolute atomic E-state index is 13.0. The highest BCUT2D eigenvalue weighted by molar-refractivity contribution is 7.89. The summed E-state index contributed by atoms with van der Waals surface area (Å²) >= 11 is 0. The Kier molecular flexibility index (Phi) is 5.90. The van der Waals surface area contributed by atoms with E-state index in [1.165, 1.54) is 16.4 Å². The van der Waals surface area contributed by atoms with Crippen molar-refractivity contribution in [2.75, 3.05) is 31.1 Å². The van der Waals surface area contributed by atoms with Crippen molar-refractivity contribution >= 4 is 32.4 Å². The summed E-state index contributed by atoms with van der Waals surface area (Å²) in [7, 11) is -3.76. The SMILES string of the molecule is O=c1[nH]c2ccccc2n1C1CCN(c2ccc(S(=O)(=O)N3CCCCC3)cc2[N+](=O)[O-])CC1. The highest BCUT2D eigenvalue weighted by Gasteiger charge is 2.31. The highest BCUT2D eigenvalue weighted by Crippen LogP contribution is 2.35. The lowest BCUT2D eigenvalue weighted by Gasteiger charge is -2.34. The lowest BCUT2D eigenvalue weighted by Crippen LogP contribution is -2.37. The molecule has 0 radical (unpaired) electrons. The van der Waals surface area contributed by atoms with Gasteiger partial charge in [-0.3, -0.25) is 14.7 Å². The van der Waals surface area contributed by atoms with Gasteiger partial charge < -0.3 is 9.88 Å². The van der Waals surface area contributed by atoms with Crippen molar-refractivity contribution in [3.8, 4) is 0 Å². The Labute approximate surface area is 197 Å². The molecule has 3 heterocycles. The van der Waals surface area contributed by atoms with Crippen molar-refractivity contribution < 1.29 is 13.3 Å². The molecular formula is C23H27N5O5S. The molecule has 0 saturated carbocycles. The van der Waals surface area contributed by atoms with Crippen LogP contribution in [0.2, 0.25) is 0 Å². The van der Waals surface area contributed by atoms with Crippen LogP contribution in [0, 0.1) is 10.1 Å². The van der Waals surface area contributed by atoms with Gasteiger partial charge in [0, 0.05) is 38.3 Å². The van der Waals surface area contributed by atoms with E-state index in [-0.39, 0.29) is 22.3 Å². The Balaban J connectivity index is 1.39. The number of imidazole rings is 1. The van der Waals surface area contributed by atoms with Crippen LogP contribution in [-0.4, -0.2) is 53.4 Å². The number of aromatic amines is 1. The minimum Gasteiger partial charge on any atom is -0.366 e. The predicted molar refractivity (Wildman–Crippen MR) is 129 cm³/mol. The molecule has 2 fully saturated rings. The molecule has 11 heteroatoms. The van der Waals surface area contributed by atoms with Crippen LogP contribution in [0.25, 0.3) is 11.0 Å². The summed E-state index contributed by atoms with van der Waals surface area (Å²) in [5, 5.41) is 11.9. The third-order valence-corrected chi connectivity index (χ3v) is 8.79. The third-order valence-electron chi connectivity index (χ3n) is 6.89. The number of para-hydroxylation sites is 2. The van der Waals surface area contributed by atoms with E-state index < -0.39 is 14.9 Å². The summed E-state index contributed by atoms with van der Waals surface area (Å²) < 4.78 is 29.2. The van der Waals surface area contributed by atoms with Crippen LogP contribution in [0.4, 0.5) is 11.4 Å². The lowest BCUT2D eigenvalue weighted by molar-refractivity contribution is -0.384. The van der Waals surface area contributed by atoms with Crippen LogP contribution < -0.4 is 10.6 Å². The number of nitrogens with zero attached hydrogens (tertiary/aromatic N) is 4. The first-order valence-electron chi connectivity index (χ1n) is 11.6. The molecule has 0 unspecified atom stereocenters. The molecule has 2 aliphatic heterocycles. The second-order valence-corrected chi connectivity index (χ2v) is 10.8.